The van der Waals surface area contributed by atoms with Gasteiger partial charge in [0.2, 0.25) is 11.1 Å². The maximum absolute atomic E-state index is 12.6. The number of ether oxygens (including phenoxy) is 1. The Morgan fingerprint density at radius 2 is 1.86 bits per heavy atom. The molecule has 152 valence electrons. The van der Waals surface area contributed by atoms with Crippen molar-refractivity contribution in [2.75, 3.05) is 24.7 Å². The average molecular weight is 412 g/mol. The standard InChI is InChI=1S/C21H25N5O2S/c1-14-11-25(12-15(2)28-14)20(27)13-29-21-24-23-19(26(21)22)10-17-8-5-7-16-6-3-4-9-18(16)17/h3-9,14-15H,10-13,22H2,1-2H3. The first-order chi connectivity index (χ1) is 14.0. The largest absolute Gasteiger partial charge is 0.372 e. The van der Waals surface area contributed by atoms with Gasteiger partial charge in [0.25, 0.3) is 0 Å². The van der Waals surface area contributed by atoms with Crippen LogP contribution in [-0.2, 0) is 16.0 Å². The van der Waals surface area contributed by atoms with Gasteiger partial charge in [-0.3, -0.25) is 4.79 Å². The van der Waals surface area contributed by atoms with E-state index in [4.69, 9.17) is 10.6 Å². The molecule has 1 saturated heterocycles. The average Bonchev–Trinajstić information content (AvgIpc) is 3.05. The Hall–Kier alpha value is -2.58. The Bertz CT molecular complexity index is 1010. The van der Waals surface area contributed by atoms with Crippen LogP contribution in [0.2, 0.25) is 0 Å². The summed E-state index contributed by atoms with van der Waals surface area (Å²) in [5.74, 6) is 7.25. The number of fused-ring (bicyclic) bond motifs is 1. The summed E-state index contributed by atoms with van der Waals surface area (Å²) >= 11 is 1.32. The van der Waals surface area contributed by atoms with Crippen molar-refractivity contribution in [2.45, 2.75) is 37.6 Å². The van der Waals surface area contributed by atoms with Crippen molar-refractivity contribution in [1.82, 2.24) is 19.8 Å². The van der Waals surface area contributed by atoms with E-state index in [1.54, 1.807) is 0 Å². The van der Waals surface area contributed by atoms with Gasteiger partial charge in [0.05, 0.1) is 18.0 Å². The molecule has 1 aromatic heterocycles. The number of nitrogens with zero attached hydrogens (tertiary/aromatic N) is 4. The zero-order valence-electron chi connectivity index (χ0n) is 16.6. The van der Waals surface area contributed by atoms with Crippen molar-refractivity contribution < 1.29 is 9.53 Å². The van der Waals surface area contributed by atoms with E-state index in [9.17, 15) is 4.79 Å². The normalized spacial score (nSPS) is 19.6. The first-order valence-corrected chi connectivity index (χ1v) is 10.7. The topological polar surface area (TPSA) is 86.3 Å². The van der Waals surface area contributed by atoms with Gasteiger partial charge in [-0.25, -0.2) is 4.68 Å². The number of carbonyl (C=O) groups is 1. The fourth-order valence-corrected chi connectivity index (χ4v) is 4.52. The van der Waals surface area contributed by atoms with E-state index >= 15 is 0 Å². The molecule has 0 aliphatic carbocycles. The molecule has 2 atom stereocenters. The maximum atomic E-state index is 12.6. The van der Waals surface area contributed by atoms with Gasteiger partial charge in [-0.2, -0.15) is 0 Å². The summed E-state index contributed by atoms with van der Waals surface area (Å²) in [5, 5.41) is 11.4. The molecular formula is C21H25N5O2S. The number of rotatable bonds is 5. The molecule has 0 spiro atoms. The highest BCUT2D eigenvalue weighted by Gasteiger charge is 2.26. The van der Waals surface area contributed by atoms with Gasteiger partial charge in [0, 0.05) is 19.5 Å². The van der Waals surface area contributed by atoms with Crippen LogP contribution in [0.15, 0.2) is 47.6 Å². The van der Waals surface area contributed by atoms with E-state index < -0.39 is 0 Å². The minimum atomic E-state index is 0.0539. The molecule has 3 aromatic rings. The lowest BCUT2D eigenvalue weighted by molar-refractivity contribution is -0.140. The number of carbonyl (C=O) groups excluding carboxylic acids is 1. The summed E-state index contributed by atoms with van der Waals surface area (Å²) in [6, 6.07) is 14.4. The Morgan fingerprint density at radius 3 is 2.66 bits per heavy atom. The number of hydrogen-bond donors (Lipinski definition) is 1. The molecule has 2 aromatic carbocycles. The number of amides is 1. The van der Waals surface area contributed by atoms with Crippen molar-refractivity contribution in [3.05, 3.63) is 53.9 Å². The minimum Gasteiger partial charge on any atom is -0.372 e. The smallest absolute Gasteiger partial charge is 0.233 e. The highest BCUT2D eigenvalue weighted by atomic mass is 32.2. The van der Waals surface area contributed by atoms with Crippen LogP contribution in [0, 0.1) is 0 Å². The van der Waals surface area contributed by atoms with E-state index in [-0.39, 0.29) is 23.9 Å². The summed E-state index contributed by atoms with van der Waals surface area (Å²) in [4.78, 5) is 14.4. The zero-order chi connectivity index (χ0) is 20.4. The van der Waals surface area contributed by atoms with Crippen LogP contribution in [0.5, 0.6) is 0 Å². The molecule has 0 bridgehead atoms. The second kappa shape index (κ2) is 8.42. The van der Waals surface area contributed by atoms with Crippen molar-refractivity contribution in [3.8, 4) is 0 Å². The number of benzene rings is 2. The molecule has 1 fully saturated rings. The highest BCUT2D eigenvalue weighted by Crippen LogP contribution is 2.22. The quantitative estimate of drug-likeness (QED) is 0.513. The van der Waals surface area contributed by atoms with Crippen LogP contribution in [0.4, 0.5) is 0 Å². The van der Waals surface area contributed by atoms with Gasteiger partial charge in [-0.15, -0.1) is 10.2 Å². The van der Waals surface area contributed by atoms with Gasteiger partial charge >= 0.3 is 0 Å². The second-order valence-electron chi connectivity index (χ2n) is 7.43. The SMILES string of the molecule is CC1CN(C(=O)CSc2nnc(Cc3cccc4ccccc34)n2N)CC(C)O1. The maximum Gasteiger partial charge on any atom is 0.233 e. The molecule has 7 nitrogen and oxygen atoms in total. The molecular weight excluding hydrogens is 386 g/mol. The lowest BCUT2D eigenvalue weighted by atomic mass is 10.0. The number of nitrogen functional groups attached to an aromatic ring is 1. The van der Waals surface area contributed by atoms with Gasteiger partial charge < -0.3 is 15.5 Å². The van der Waals surface area contributed by atoms with E-state index in [0.717, 1.165) is 5.56 Å². The van der Waals surface area contributed by atoms with Crippen LogP contribution in [0.25, 0.3) is 10.8 Å². The van der Waals surface area contributed by atoms with Gasteiger partial charge in [-0.05, 0) is 30.2 Å². The third-order valence-electron chi connectivity index (χ3n) is 5.06. The molecule has 2 heterocycles. The number of aromatic nitrogens is 3. The Labute approximate surface area is 174 Å². The number of morpholine rings is 1. The molecule has 1 aliphatic rings. The molecule has 1 aliphatic heterocycles. The van der Waals surface area contributed by atoms with Crippen molar-refractivity contribution >= 4 is 28.4 Å². The highest BCUT2D eigenvalue weighted by molar-refractivity contribution is 7.99. The van der Waals surface area contributed by atoms with Crippen LogP contribution in [0.3, 0.4) is 0 Å². The predicted octanol–water partition coefficient (Wildman–Crippen LogP) is 2.46. The summed E-state index contributed by atoms with van der Waals surface area (Å²) in [7, 11) is 0. The molecule has 2 unspecified atom stereocenters. The lowest BCUT2D eigenvalue weighted by Crippen LogP contribution is -2.48. The summed E-state index contributed by atoms with van der Waals surface area (Å²) in [6.07, 6.45) is 0.689. The van der Waals surface area contributed by atoms with Crippen molar-refractivity contribution in [3.63, 3.8) is 0 Å². The van der Waals surface area contributed by atoms with Crippen LogP contribution in [-0.4, -0.2) is 56.7 Å². The summed E-state index contributed by atoms with van der Waals surface area (Å²) in [6.45, 7) is 5.20. The Balaban J connectivity index is 1.43. The van der Waals surface area contributed by atoms with E-state index in [2.05, 4.69) is 34.5 Å². The molecule has 0 radical (unpaired) electrons. The second-order valence-corrected chi connectivity index (χ2v) is 8.37. The monoisotopic (exact) mass is 411 g/mol. The van der Waals surface area contributed by atoms with Crippen molar-refractivity contribution in [2.24, 2.45) is 0 Å². The van der Waals surface area contributed by atoms with Gasteiger partial charge in [0.1, 0.15) is 0 Å². The van der Waals surface area contributed by atoms with Gasteiger partial charge in [-0.1, -0.05) is 54.2 Å². The van der Waals surface area contributed by atoms with Crippen LogP contribution >= 0.6 is 11.8 Å². The fourth-order valence-electron chi connectivity index (χ4n) is 3.74. The number of hydrogen-bond acceptors (Lipinski definition) is 6. The first kappa shape index (κ1) is 19.7. The van der Waals surface area contributed by atoms with E-state index in [1.807, 2.05) is 36.9 Å². The van der Waals surface area contributed by atoms with Gasteiger partial charge in [0.15, 0.2) is 5.82 Å². The third-order valence-corrected chi connectivity index (χ3v) is 5.99. The zero-order valence-corrected chi connectivity index (χ0v) is 17.4. The molecule has 2 N–H and O–H groups in total. The van der Waals surface area contributed by atoms with Crippen LogP contribution < -0.4 is 5.84 Å². The summed E-state index contributed by atoms with van der Waals surface area (Å²) < 4.78 is 7.18. The Kier molecular flexibility index (Phi) is 5.73. The fraction of sp³-hybridized carbons (Fsp3) is 0.381. The first-order valence-electron chi connectivity index (χ1n) is 9.73. The van der Waals surface area contributed by atoms with Crippen molar-refractivity contribution in [1.29, 1.82) is 0 Å². The molecule has 8 heteroatoms. The molecule has 1 amide bonds. The molecule has 29 heavy (non-hydrogen) atoms. The number of thioether (sulfide) groups is 1. The van der Waals surface area contributed by atoms with E-state index in [0.29, 0.717) is 30.5 Å². The Morgan fingerprint density at radius 1 is 1.14 bits per heavy atom. The lowest BCUT2D eigenvalue weighted by Gasteiger charge is -2.35. The summed E-state index contributed by atoms with van der Waals surface area (Å²) in [5.41, 5.74) is 1.14. The molecule has 0 saturated carbocycles. The minimum absolute atomic E-state index is 0.0539. The molecule has 4 rings (SSSR count). The van der Waals surface area contributed by atoms with Crippen LogP contribution in [0.1, 0.15) is 25.2 Å². The number of nitrogens with two attached hydrogens (primary N) is 1. The predicted molar refractivity (Wildman–Crippen MR) is 114 cm³/mol. The van der Waals surface area contributed by atoms with E-state index in [1.165, 1.54) is 27.2 Å². The third kappa shape index (κ3) is 4.38.